The highest BCUT2D eigenvalue weighted by atomic mass is 35.5. The molecule has 0 unspecified atom stereocenters. The Kier molecular flexibility index (Phi) is 5.36. The van der Waals surface area contributed by atoms with Crippen LogP contribution in [0.3, 0.4) is 0 Å². The Morgan fingerprint density at radius 1 is 1.28 bits per heavy atom. The molecular weight excluding hydrogens is 385 g/mol. The molecule has 6 nitrogen and oxygen atoms in total. The van der Waals surface area contributed by atoms with E-state index in [9.17, 15) is 9.59 Å². The third kappa shape index (κ3) is 4.18. The molecule has 0 spiro atoms. The van der Waals surface area contributed by atoms with Gasteiger partial charge >= 0.3 is 5.97 Å². The van der Waals surface area contributed by atoms with E-state index >= 15 is 0 Å². The first-order valence-electron chi connectivity index (χ1n) is 7.44. The van der Waals surface area contributed by atoms with Gasteiger partial charge in [-0.2, -0.15) is 9.61 Å². The Morgan fingerprint density at radius 3 is 2.80 bits per heavy atom. The maximum Gasteiger partial charge on any atom is 0.310 e. The summed E-state index contributed by atoms with van der Waals surface area (Å²) in [7, 11) is 0. The Hall–Kier alpha value is -1.96. The van der Waals surface area contributed by atoms with Gasteiger partial charge in [-0.25, -0.2) is 4.98 Å². The van der Waals surface area contributed by atoms with Crippen LogP contribution in [0.4, 0.5) is 0 Å². The van der Waals surface area contributed by atoms with Crippen LogP contribution in [0.1, 0.15) is 23.2 Å². The first kappa shape index (κ1) is 17.8. The lowest BCUT2D eigenvalue weighted by molar-refractivity contribution is -0.144. The van der Waals surface area contributed by atoms with E-state index in [0.717, 1.165) is 11.4 Å². The number of benzene rings is 1. The van der Waals surface area contributed by atoms with E-state index < -0.39 is 5.97 Å². The lowest BCUT2D eigenvalue weighted by atomic mass is 10.1. The maximum absolute atomic E-state index is 12.0. The molecule has 0 bridgehead atoms. The number of hydrogen-bond donors (Lipinski definition) is 0. The highest BCUT2D eigenvalue weighted by Gasteiger charge is 2.11. The minimum Gasteiger partial charge on any atom is -0.459 e. The molecule has 1 aromatic carbocycles. The van der Waals surface area contributed by atoms with Gasteiger partial charge in [-0.15, -0.1) is 0 Å². The summed E-state index contributed by atoms with van der Waals surface area (Å²) in [6.07, 6.45) is 0.778. The Balaban J connectivity index is 1.68. The molecule has 25 heavy (non-hydrogen) atoms. The highest BCUT2D eigenvalue weighted by Crippen LogP contribution is 2.23. The van der Waals surface area contributed by atoms with Crippen molar-refractivity contribution < 1.29 is 9.53 Å². The zero-order valence-electron chi connectivity index (χ0n) is 13.2. The van der Waals surface area contributed by atoms with E-state index in [2.05, 4.69) is 10.1 Å². The summed E-state index contributed by atoms with van der Waals surface area (Å²) in [5.41, 5.74) is 0.785. The van der Waals surface area contributed by atoms with Gasteiger partial charge in [0.15, 0.2) is 0 Å². The molecule has 0 aliphatic carbocycles. The molecule has 0 atom stereocenters. The van der Waals surface area contributed by atoms with Crippen LogP contribution in [0.5, 0.6) is 0 Å². The van der Waals surface area contributed by atoms with Gasteiger partial charge < -0.3 is 4.74 Å². The van der Waals surface area contributed by atoms with Gasteiger partial charge in [0.25, 0.3) is 5.56 Å². The van der Waals surface area contributed by atoms with Crippen molar-refractivity contribution in [3.05, 3.63) is 60.9 Å². The SMILES string of the molecule is CCc1nn2c(=O)cc(COC(=O)Cc3ccc(Cl)c(Cl)c3)nc2s1. The van der Waals surface area contributed by atoms with Crippen molar-refractivity contribution in [3.63, 3.8) is 0 Å². The van der Waals surface area contributed by atoms with Crippen molar-refractivity contribution in [2.45, 2.75) is 26.4 Å². The number of rotatable bonds is 5. The summed E-state index contributed by atoms with van der Waals surface area (Å²) in [6, 6.07) is 6.26. The number of carbonyl (C=O) groups excluding carboxylic acids is 1. The van der Waals surface area contributed by atoms with E-state index in [0.29, 0.717) is 26.3 Å². The Bertz CT molecular complexity index is 1000. The summed E-state index contributed by atoms with van der Waals surface area (Å²) in [6.45, 7) is 1.87. The molecule has 9 heteroatoms. The van der Waals surface area contributed by atoms with Crippen molar-refractivity contribution >= 4 is 45.5 Å². The lowest BCUT2D eigenvalue weighted by Crippen LogP contribution is -2.17. The van der Waals surface area contributed by atoms with Gasteiger partial charge in [-0.3, -0.25) is 9.59 Å². The first-order chi connectivity index (χ1) is 12.0. The minimum absolute atomic E-state index is 0.0542. The van der Waals surface area contributed by atoms with E-state index in [1.165, 1.54) is 21.9 Å². The first-order valence-corrected chi connectivity index (χ1v) is 9.01. The van der Waals surface area contributed by atoms with Crippen LogP contribution >= 0.6 is 34.5 Å². The predicted molar refractivity (Wildman–Crippen MR) is 96.5 cm³/mol. The predicted octanol–water partition coefficient (Wildman–Crippen LogP) is 3.31. The number of fused-ring (bicyclic) bond motifs is 1. The molecule has 0 aliphatic heterocycles. The summed E-state index contributed by atoms with van der Waals surface area (Å²) in [5, 5.41) is 5.79. The van der Waals surface area contributed by atoms with Crippen LogP contribution in [0.15, 0.2) is 29.1 Å². The average Bonchev–Trinajstić information content (AvgIpc) is 3.00. The summed E-state index contributed by atoms with van der Waals surface area (Å²) in [5.74, 6) is -0.445. The molecule has 0 radical (unpaired) electrons. The Labute approximate surface area is 157 Å². The topological polar surface area (TPSA) is 73.6 Å². The largest absolute Gasteiger partial charge is 0.459 e. The number of hydrogen-bond acceptors (Lipinski definition) is 6. The Morgan fingerprint density at radius 2 is 2.08 bits per heavy atom. The summed E-state index contributed by atoms with van der Waals surface area (Å²) in [4.78, 5) is 28.8. The van der Waals surface area contributed by atoms with E-state index in [4.69, 9.17) is 27.9 Å². The van der Waals surface area contributed by atoms with Crippen molar-refractivity contribution in [1.82, 2.24) is 14.6 Å². The molecule has 3 aromatic rings. The molecule has 130 valence electrons. The number of nitrogens with zero attached hydrogens (tertiary/aromatic N) is 3. The van der Waals surface area contributed by atoms with Gasteiger partial charge in [0.1, 0.15) is 11.6 Å². The van der Waals surface area contributed by atoms with Crippen LogP contribution in [0.2, 0.25) is 10.0 Å². The van der Waals surface area contributed by atoms with Crippen molar-refractivity contribution in [2.24, 2.45) is 0 Å². The quantitative estimate of drug-likeness (QED) is 0.617. The van der Waals surface area contributed by atoms with Gasteiger partial charge in [0.05, 0.1) is 22.2 Å². The van der Waals surface area contributed by atoms with Crippen LogP contribution in [0, 0.1) is 0 Å². The van der Waals surface area contributed by atoms with E-state index in [1.54, 1.807) is 18.2 Å². The molecule has 2 aromatic heterocycles. The third-order valence-corrected chi connectivity index (χ3v) is 5.15. The van der Waals surface area contributed by atoms with Gasteiger partial charge in [-0.1, -0.05) is 47.5 Å². The van der Waals surface area contributed by atoms with E-state index in [1.807, 2.05) is 6.92 Å². The van der Waals surface area contributed by atoms with Crippen LogP contribution < -0.4 is 5.56 Å². The van der Waals surface area contributed by atoms with E-state index in [-0.39, 0.29) is 18.6 Å². The molecule has 3 rings (SSSR count). The summed E-state index contributed by atoms with van der Waals surface area (Å²) < 4.78 is 6.45. The fraction of sp³-hybridized carbons (Fsp3) is 0.250. The zero-order valence-corrected chi connectivity index (χ0v) is 15.5. The smallest absolute Gasteiger partial charge is 0.310 e. The number of carbonyl (C=O) groups is 1. The minimum atomic E-state index is -0.445. The second-order valence-corrected chi connectivity index (χ2v) is 7.07. The molecular formula is C16H13Cl2N3O3S. The van der Waals surface area contributed by atoms with Gasteiger partial charge in [0.2, 0.25) is 4.96 Å². The highest BCUT2D eigenvalue weighted by molar-refractivity contribution is 7.16. The van der Waals surface area contributed by atoms with Gasteiger partial charge in [0, 0.05) is 6.07 Å². The van der Waals surface area contributed by atoms with Crippen LogP contribution in [-0.2, 0) is 29.0 Å². The molecule has 0 saturated carbocycles. The summed E-state index contributed by atoms with van der Waals surface area (Å²) >= 11 is 13.1. The monoisotopic (exact) mass is 397 g/mol. The molecule has 0 amide bonds. The fourth-order valence-corrected chi connectivity index (χ4v) is 3.31. The van der Waals surface area contributed by atoms with Crippen LogP contribution in [0.25, 0.3) is 4.96 Å². The maximum atomic E-state index is 12.0. The molecule has 0 fully saturated rings. The van der Waals surface area contributed by atoms with Crippen LogP contribution in [-0.4, -0.2) is 20.6 Å². The molecule has 2 heterocycles. The standard InChI is InChI=1S/C16H13Cl2N3O3S/c1-2-13-20-21-14(22)7-10(19-16(21)25-13)8-24-15(23)6-9-3-4-11(17)12(18)5-9/h3-5,7H,2,6,8H2,1H3. The third-order valence-electron chi connectivity index (χ3n) is 3.36. The number of aryl methyl sites for hydroxylation is 1. The molecule has 0 aliphatic rings. The number of aromatic nitrogens is 3. The zero-order chi connectivity index (χ0) is 18.0. The second kappa shape index (κ2) is 7.51. The number of ether oxygens (including phenoxy) is 1. The molecule has 0 N–H and O–H groups in total. The fourth-order valence-electron chi connectivity index (χ4n) is 2.13. The molecule has 0 saturated heterocycles. The number of esters is 1. The van der Waals surface area contributed by atoms with Crippen molar-refractivity contribution in [2.75, 3.05) is 0 Å². The lowest BCUT2D eigenvalue weighted by Gasteiger charge is -2.05. The normalized spacial score (nSPS) is 11.0. The van der Waals surface area contributed by atoms with Gasteiger partial charge in [-0.05, 0) is 24.1 Å². The average molecular weight is 398 g/mol. The second-order valence-electron chi connectivity index (χ2n) is 5.22. The van der Waals surface area contributed by atoms with Crippen molar-refractivity contribution in [3.8, 4) is 0 Å². The number of halogens is 2. The van der Waals surface area contributed by atoms with Crippen molar-refractivity contribution in [1.29, 1.82) is 0 Å².